The molecule has 1 nitrogen and oxygen atoms in total. The van der Waals surface area contributed by atoms with E-state index in [1.807, 2.05) is 11.3 Å². The van der Waals surface area contributed by atoms with E-state index >= 15 is 0 Å². The molecule has 0 radical (unpaired) electrons. The Bertz CT molecular complexity index is 349. The Labute approximate surface area is 115 Å². The van der Waals surface area contributed by atoms with Gasteiger partial charge in [0, 0.05) is 10.9 Å². The first-order valence-corrected chi connectivity index (χ1v) is 8.54. The molecule has 0 aliphatic heterocycles. The quantitative estimate of drug-likeness (QED) is 0.781. The third kappa shape index (κ3) is 2.65. The summed E-state index contributed by atoms with van der Waals surface area (Å²) in [6.45, 7) is 3.47. The SMILES string of the molecule is CCCNC(CCc1cccs1)C1C2CCCC21. The van der Waals surface area contributed by atoms with Crippen LogP contribution in [0.2, 0.25) is 0 Å². The van der Waals surface area contributed by atoms with E-state index in [4.69, 9.17) is 0 Å². The van der Waals surface area contributed by atoms with Crippen molar-refractivity contribution in [2.75, 3.05) is 6.54 Å². The molecule has 3 rings (SSSR count). The van der Waals surface area contributed by atoms with E-state index < -0.39 is 0 Å². The third-order valence-electron chi connectivity index (χ3n) is 4.88. The molecule has 3 unspecified atom stereocenters. The van der Waals surface area contributed by atoms with Crippen molar-refractivity contribution < 1.29 is 0 Å². The number of rotatable bonds is 7. The van der Waals surface area contributed by atoms with E-state index in [2.05, 4.69) is 29.8 Å². The molecule has 1 aromatic heterocycles. The van der Waals surface area contributed by atoms with E-state index in [0.29, 0.717) is 0 Å². The molecule has 2 aliphatic rings. The second kappa shape index (κ2) is 5.75. The molecule has 1 N–H and O–H groups in total. The van der Waals surface area contributed by atoms with Gasteiger partial charge in [0.25, 0.3) is 0 Å². The van der Waals surface area contributed by atoms with E-state index in [-0.39, 0.29) is 0 Å². The van der Waals surface area contributed by atoms with Crippen LogP contribution >= 0.6 is 11.3 Å². The molecule has 0 saturated heterocycles. The summed E-state index contributed by atoms with van der Waals surface area (Å²) >= 11 is 1.91. The number of thiophene rings is 1. The monoisotopic (exact) mass is 263 g/mol. The van der Waals surface area contributed by atoms with Crippen LogP contribution < -0.4 is 5.32 Å². The first-order chi connectivity index (χ1) is 8.90. The zero-order chi connectivity index (χ0) is 12.4. The molecule has 2 aliphatic carbocycles. The molecule has 0 amide bonds. The van der Waals surface area contributed by atoms with Crippen LogP contribution in [0.1, 0.15) is 43.9 Å². The van der Waals surface area contributed by atoms with Gasteiger partial charge in [0.1, 0.15) is 0 Å². The van der Waals surface area contributed by atoms with Gasteiger partial charge in [-0.3, -0.25) is 0 Å². The highest BCUT2D eigenvalue weighted by molar-refractivity contribution is 7.09. The minimum absolute atomic E-state index is 0.794. The lowest BCUT2D eigenvalue weighted by Gasteiger charge is -2.20. The Balaban J connectivity index is 1.53. The largest absolute Gasteiger partial charge is 0.314 e. The van der Waals surface area contributed by atoms with Crippen molar-refractivity contribution in [2.45, 2.75) is 51.5 Å². The summed E-state index contributed by atoms with van der Waals surface area (Å²) in [5.41, 5.74) is 0. The van der Waals surface area contributed by atoms with Crippen molar-refractivity contribution >= 4 is 11.3 Å². The Morgan fingerprint density at radius 3 is 2.89 bits per heavy atom. The number of nitrogens with one attached hydrogen (secondary N) is 1. The van der Waals surface area contributed by atoms with Crippen LogP contribution in [-0.2, 0) is 6.42 Å². The molecular formula is C16H25NS. The van der Waals surface area contributed by atoms with E-state index in [1.165, 1.54) is 45.1 Å². The van der Waals surface area contributed by atoms with Crippen molar-refractivity contribution in [3.8, 4) is 0 Å². The van der Waals surface area contributed by atoms with E-state index in [9.17, 15) is 0 Å². The highest BCUT2D eigenvalue weighted by Crippen LogP contribution is 2.59. The molecule has 0 bridgehead atoms. The van der Waals surface area contributed by atoms with Crippen LogP contribution in [0.15, 0.2) is 17.5 Å². The van der Waals surface area contributed by atoms with Gasteiger partial charge in [-0.05, 0) is 67.8 Å². The van der Waals surface area contributed by atoms with Gasteiger partial charge in [-0.15, -0.1) is 11.3 Å². The standard InChI is InChI=1S/C16H25NS/c1-2-10-17-15(9-8-12-5-4-11-18-12)16-13-6-3-7-14(13)16/h4-5,11,13-17H,2-3,6-10H2,1H3. The molecule has 0 spiro atoms. The Morgan fingerprint density at radius 1 is 1.39 bits per heavy atom. The number of hydrogen-bond acceptors (Lipinski definition) is 2. The van der Waals surface area contributed by atoms with Gasteiger partial charge < -0.3 is 5.32 Å². The lowest BCUT2D eigenvalue weighted by molar-refractivity contribution is 0.386. The van der Waals surface area contributed by atoms with Crippen LogP contribution in [0.4, 0.5) is 0 Å². The molecule has 2 fully saturated rings. The van der Waals surface area contributed by atoms with Gasteiger partial charge in [-0.2, -0.15) is 0 Å². The maximum absolute atomic E-state index is 3.83. The zero-order valence-electron chi connectivity index (χ0n) is 11.4. The molecule has 18 heavy (non-hydrogen) atoms. The summed E-state index contributed by atoms with van der Waals surface area (Å²) < 4.78 is 0. The topological polar surface area (TPSA) is 12.0 Å². The Hall–Kier alpha value is -0.340. The normalized spacial score (nSPS) is 31.3. The summed E-state index contributed by atoms with van der Waals surface area (Å²) in [6, 6.07) is 5.26. The molecule has 0 aromatic carbocycles. The summed E-state index contributed by atoms with van der Waals surface area (Å²) in [5, 5.41) is 6.03. The number of aryl methyl sites for hydroxylation is 1. The van der Waals surface area contributed by atoms with Gasteiger partial charge >= 0.3 is 0 Å². The van der Waals surface area contributed by atoms with Crippen molar-refractivity contribution in [3.63, 3.8) is 0 Å². The molecule has 1 aromatic rings. The highest BCUT2D eigenvalue weighted by Gasteiger charge is 2.55. The van der Waals surface area contributed by atoms with Crippen LogP contribution in [0.25, 0.3) is 0 Å². The molecule has 3 atom stereocenters. The predicted octanol–water partition coefficient (Wildman–Crippen LogP) is 4.10. The maximum atomic E-state index is 3.83. The summed E-state index contributed by atoms with van der Waals surface area (Å²) in [5.74, 6) is 3.19. The third-order valence-corrected chi connectivity index (χ3v) is 5.81. The lowest BCUT2D eigenvalue weighted by Crippen LogP contribution is -2.33. The summed E-state index contributed by atoms with van der Waals surface area (Å²) in [4.78, 5) is 1.56. The minimum Gasteiger partial charge on any atom is -0.314 e. The summed E-state index contributed by atoms with van der Waals surface area (Å²) in [7, 11) is 0. The van der Waals surface area contributed by atoms with Crippen LogP contribution in [-0.4, -0.2) is 12.6 Å². The van der Waals surface area contributed by atoms with Crippen LogP contribution in [0.5, 0.6) is 0 Å². The van der Waals surface area contributed by atoms with E-state index in [1.54, 1.807) is 4.88 Å². The lowest BCUT2D eigenvalue weighted by atomic mass is 9.99. The number of hydrogen-bond donors (Lipinski definition) is 1. The molecule has 2 saturated carbocycles. The number of fused-ring (bicyclic) bond motifs is 1. The summed E-state index contributed by atoms with van der Waals surface area (Å²) in [6.07, 6.45) is 8.40. The van der Waals surface area contributed by atoms with Crippen LogP contribution in [0.3, 0.4) is 0 Å². The molecule has 100 valence electrons. The fraction of sp³-hybridized carbons (Fsp3) is 0.750. The second-order valence-electron chi connectivity index (χ2n) is 6.01. The van der Waals surface area contributed by atoms with Crippen LogP contribution in [0, 0.1) is 17.8 Å². The fourth-order valence-corrected chi connectivity index (χ4v) is 4.71. The van der Waals surface area contributed by atoms with Gasteiger partial charge in [0.15, 0.2) is 0 Å². The van der Waals surface area contributed by atoms with Crippen molar-refractivity contribution in [1.29, 1.82) is 0 Å². The average Bonchev–Trinajstić information content (AvgIpc) is 2.82. The fourth-order valence-electron chi connectivity index (χ4n) is 3.99. The first-order valence-electron chi connectivity index (χ1n) is 7.66. The Morgan fingerprint density at radius 2 is 2.22 bits per heavy atom. The Kier molecular flexibility index (Phi) is 4.05. The highest BCUT2D eigenvalue weighted by atomic mass is 32.1. The van der Waals surface area contributed by atoms with E-state index in [0.717, 1.165) is 23.8 Å². The van der Waals surface area contributed by atoms with Crippen molar-refractivity contribution in [3.05, 3.63) is 22.4 Å². The second-order valence-corrected chi connectivity index (χ2v) is 7.05. The zero-order valence-corrected chi connectivity index (χ0v) is 12.2. The van der Waals surface area contributed by atoms with Gasteiger partial charge in [0.2, 0.25) is 0 Å². The first kappa shape index (κ1) is 12.7. The molecular weight excluding hydrogens is 238 g/mol. The molecule has 2 heteroatoms. The molecule has 1 heterocycles. The minimum atomic E-state index is 0.794. The smallest absolute Gasteiger partial charge is 0.0104 e. The maximum Gasteiger partial charge on any atom is 0.0104 e. The predicted molar refractivity (Wildman–Crippen MR) is 79.0 cm³/mol. The van der Waals surface area contributed by atoms with Crippen molar-refractivity contribution in [1.82, 2.24) is 5.32 Å². The van der Waals surface area contributed by atoms with Gasteiger partial charge in [0.05, 0.1) is 0 Å². The van der Waals surface area contributed by atoms with Gasteiger partial charge in [-0.25, -0.2) is 0 Å². The van der Waals surface area contributed by atoms with Crippen molar-refractivity contribution in [2.24, 2.45) is 17.8 Å². The van der Waals surface area contributed by atoms with Gasteiger partial charge in [-0.1, -0.05) is 19.4 Å². The average molecular weight is 263 g/mol.